The highest BCUT2D eigenvalue weighted by Gasteiger charge is 2.18. The van der Waals surface area contributed by atoms with E-state index >= 15 is 0 Å². The SMILES string of the molecule is CCCn1c(=O)c2sccc2n2c(SCC(=O)Nc3ccc(C(C)C)cc3)nnc12. The van der Waals surface area contributed by atoms with Crippen LogP contribution in [-0.4, -0.2) is 30.8 Å². The molecule has 1 N–H and O–H groups in total. The molecule has 0 saturated heterocycles. The summed E-state index contributed by atoms with van der Waals surface area (Å²) in [5.74, 6) is 1.05. The molecule has 0 unspecified atom stereocenters. The fourth-order valence-corrected chi connectivity index (χ4v) is 4.86. The lowest BCUT2D eigenvalue weighted by atomic mass is 10.0. The van der Waals surface area contributed by atoms with Crippen molar-refractivity contribution in [3.05, 3.63) is 51.6 Å². The van der Waals surface area contributed by atoms with E-state index < -0.39 is 0 Å². The Morgan fingerprint density at radius 3 is 2.67 bits per heavy atom. The van der Waals surface area contributed by atoms with Gasteiger partial charge in [0.05, 0.1) is 11.3 Å². The number of nitrogens with zero attached hydrogens (tertiary/aromatic N) is 4. The molecule has 0 radical (unpaired) electrons. The molecule has 0 aliphatic rings. The van der Waals surface area contributed by atoms with Gasteiger partial charge in [-0.05, 0) is 41.5 Å². The van der Waals surface area contributed by atoms with Gasteiger partial charge in [0, 0.05) is 12.2 Å². The van der Waals surface area contributed by atoms with Crippen molar-refractivity contribution in [2.75, 3.05) is 11.1 Å². The number of amides is 1. The van der Waals surface area contributed by atoms with Crippen molar-refractivity contribution in [3.8, 4) is 0 Å². The minimum atomic E-state index is -0.113. The molecule has 1 amide bonds. The molecule has 0 saturated carbocycles. The first kappa shape index (κ1) is 20.6. The van der Waals surface area contributed by atoms with E-state index in [4.69, 9.17) is 0 Å². The smallest absolute Gasteiger partial charge is 0.272 e. The van der Waals surface area contributed by atoms with E-state index in [1.807, 2.05) is 47.0 Å². The zero-order valence-corrected chi connectivity index (χ0v) is 18.7. The standard InChI is InChI=1S/C21H23N5O2S2/c1-4-10-25-19(28)18-16(9-11-29-18)26-20(25)23-24-21(26)30-12-17(27)22-15-7-5-14(6-8-15)13(2)3/h5-9,11,13H,4,10,12H2,1-3H3,(H,22,27). The van der Waals surface area contributed by atoms with Crippen LogP contribution in [-0.2, 0) is 11.3 Å². The van der Waals surface area contributed by atoms with Gasteiger partial charge in [-0.3, -0.25) is 18.6 Å². The lowest BCUT2D eigenvalue weighted by Crippen LogP contribution is -2.22. The summed E-state index contributed by atoms with van der Waals surface area (Å²) in [6.45, 7) is 6.87. The minimum absolute atomic E-state index is 0.0408. The average Bonchev–Trinajstić information content (AvgIpc) is 3.37. The number of fused-ring (bicyclic) bond motifs is 3. The summed E-state index contributed by atoms with van der Waals surface area (Å²) in [6, 6.07) is 9.79. The fraction of sp³-hybridized carbons (Fsp3) is 0.333. The minimum Gasteiger partial charge on any atom is -0.325 e. The number of thiophene rings is 1. The number of hydrogen-bond donors (Lipinski definition) is 1. The number of carbonyl (C=O) groups is 1. The maximum absolute atomic E-state index is 12.8. The Kier molecular flexibility index (Phi) is 5.92. The van der Waals surface area contributed by atoms with Gasteiger partial charge in [0.1, 0.15) is 4.70 Å². The third kappa shape index (κ3) is 3.87. The first-order valence-corrected chi connectivity index (χ1v) is 11.7. The number of thioether (sulfide) groups is 1. The van der Waals surface area contributed by atoms with Gasteiger partial charge in [-0.1, -0.05) is 44.7 Å². The number of aromatic nitrogens is 4. The molecule has 1 aromatic carbocycles. The van der Waals surface area contributed by atoms with Crippen LogP contribution in [0, 0.1) is 0 Å². The zero-order valence-electron chi connectivity index (χ0n) is 17.1. The van der Waals surface area contributed by atoms with Crippen molar-refractivity contribution < 1.29 is 4.79 Å². The van der Waals surface area contributed by atoms with Crippen molar-refractivity contribution in [3.63, 3.8) is 0 Å². The number of hydrogen-bond acceptors (Lipinski definition) is 6. The molecule has 9 heteroatoms. The molecular formula is C21H23N5O2S2. The molecular weight excluding hydrogens is 418 g/mol. The Bertz CT molecular complexity index is 1250. The molecule has 4 rings (SSSR count). The first-order valence-electron chi connectivity index (χ1n) is 9.87. The second kappa shape index (κ2) is 8.61. The van der Waals surface area contributed by atoms with Crippen LogP contribution >= 0.6 is 23.1 Å². The van der Waals surface area contributed by atoms with E-state index in [0.29, 0.717) is 28.1 Å². The normalized spacial score (nSPS) is 11.6. The van der Waals surface area contributed by atoms with E-state index in [1.165, 1.54) is 28.7 Å². The fourth-order valence-electron chi connectivity index (χ4n) is 3.30. The second-order valence-corrected chi connectivity index (χ2v) is 9.18. The summed E-state index contributed by atoms with van der Waals surface area (Å²) in [4.78, 5) is 25.2. The largest absolute Gasteiger partial charge is 0.325 e. The molecule has 3 heterocycles. The molecule has 156 valence electrons. The molecule has 0 bridgehead atoms. The van der Waals surface area contributed by atoms with Gasteiger partial charge < -0.3 is 5.32 Å². The van der Waals surface area contributed by atoms with E-state index in [1.54, 1.807) is 4.57 Å². The zero-order chi connectivity index (χ0) is 21.3. The Balaban J connectivity index is 1.56. The second-order valence-electron chi connectivity index (χ2n) is 7.32. The summed E-state index contributed by atoms with van der Waals surface area (Å²) in [7, 11) is 0. The highest BCUT2D eigenvalue weighted by Crippen LogP contribution is 2.25. The van der Waals surface area contributed by atoms with Crippen LogP contribution in [0.1, 0.15) is 38.7 Å². The first-order chi connectivity index (χ1) is 14.5. The van der Waals surface area contributed by atoms with E-state index in [2.05, 4.69) is 29.4 Å². The van der Waals surface area contributed by atoms with E-state index in [0.717, 1.165) is 17.6 Å². The molecule has 4 aromatic rings. The van der Waals surface area contributed by atoms with Crippen LogP contribution in [0.5, 0.6) is 0 Å². The topological polar surface area (TPSA) is 81.3 Å². The molecule has 3 aromatic heterocycles. The van der Waals surface area contributed by atoms with Crippen molar-refractivity contribution in [1.29, 1.82) is 0 Å². The Labute approximate surface area is 182 Å². The molecule has 30 heavy (non-hydrogen) atoms. The third-order valence-electron chi connectivity index (χ3n) is 4.82. The number of nitrogens with one attached hydrogen (secondary N) is 1. The summed E-state index contributed by atoms with van der Waals surface area (Å²) in [5, 5.41) is 13.9. The monoisotopic (exact) mass is 441 g/mol. The van der Waals surface area contributed by atoms with Gasteiger partial charge in [-0.2, -0.15) is 0 Å². The maximum Gasteiger partial charge on any atom is 0.272 e. The molecule has 7 nitrogen and oxygen atoms in total. The summed E-state index contributed by atoms with van der Waals surface area (Å²) < 4.78 is 4.21. The third-order valence-corrected chi connectivity index (χ3v) is 6.64. The van der Waals surface area contributed by atoms with E-state index in [-0.39, 0.29) is 17.2 Å². The van der Waals surface area contributed by atoms with E-state index in [9.17, 15) is 9.59 Å². The molecule has 0 spiro atoms. The predicted octanol–water partition coefficient (Wildman–Crippen LogP) is 4.37. The highest BCUT2D eigenvalue weighted by molar-refractivity contribution is 7.99. The van der Waals surface area contributed by atoms with Crippen molar-refractivity contribution in [2.24, 2.45) is 0 Å². The average molecular weight is 442 g/mol. The summed E-state index contributed by atoms with van der Waals surface area (Å²) in [5.41, 5.74) is 2.74. The summed E-state index contributed by atoms with van der Waals surface area (Å²) >= 11 is 2.72. The van der Waals surface area contributed by atoms with Crippen LogP contribution in [0.2, 0.25) is 0 Å². The van der Waals surface area contributed by atoms with Crippen molar-refractivity contribution in [1.82, 2.24) is 19.2 Å². The van der Waals surface area contributed by atoms with Crippen LogP contribution in [0.4, 0.5) is 5.69 Å². The van der Waals surface area contributed by atoms with Crippen LogP contribution < -0.4 is 10.9 Å². The predicted molar refractivity (Wildman–Crippen MR) is 123 cm³/mol. The van der Waals surface area contributed by atoms with Gasteiger partial charge in [-0.25, -0.2) is 0 Å². The number of benzene rings is 1. The van der Waals surface area contributed by atoms with Gasteiger partial charge >= 0.3 is 0 Å². The maximum atomic E-state index is 12.8. The van der Waals surface area contributed by atoms with Crippen molar-refractivity contribution in [2.45, 2.75) is 44.8 Å². The van der Waals surface area contributed by atoms with Gasteiger partial charge in [0.25, 0.3) is 5.56 Å². The molecule has 0 aliphatic heterocycles. The Morgan fingerprint density at radius 2 is 1.97 bits per heavy atom. The van der Waals surface area contributed by atoms with Crippen LogP contribution in [0.25, 0.3) is 16.0 Å². The lowest BCUT2D eigenvalue weighted by Gasteiger charge is -2.09. The number of rotatable bonds is 7. The lowest BCUT2D eigenvalue weighted by molar-refractivity contribution is -0.113. The number of anilines is 1. The molecule has 0 aliphatic carbocycles. The Morgan fingerprint density at radius 1 is 1.20 bits per heavy atom. The van der Waals surface area contributed by atoms with Crippen molar-refractivity contribution >= 4 is 50.7 Å². The van der Waals surface area contributed by atoms with Gasteiger partial charge in [0.2, 0.25) is 11.7 Å². The van der Waals surface area contributed by atoms with Crippen LogP contribution in [0.15, 0.2) is 45.7 Å². The quantitative estimate of drug-likeness (QED) is 0.431. The van der Waals surface area contributed by atoms with Crippen LogP contribution in [0.3, 0.4) is 0 Å². The number of aryl methyl sites for hydroxylation is 1. The molecule has 0 fully saturated rings. The number of carbonyl (C=O) groups excluding carboxylic acids is 1. The Hall–Kier alpha value is -2.65. The van der Waals surface area contributed by atoms with Gasteiger partial charge in [-0.15, -0.1) is 21.5 Å². The van der Waals surface area contributed by atoms with Gasteiger partial charge in [0.15, 0.2) is 5.16 Å². The highest BCUT2D eigenvalue weighted by atomic mass is 32.2. The summed E-state index contributed by atoms with van der Waals surface area (Å²) in [6.07, 6.45) is 0.819. The molecule has 0 atom stereocenters.